The van der Waals surface area contributed by atoms with E-state index in [4.69, 9.17) is 0 Å². The van der Waals surface area contributed by atoms with Crippen molar-refractivity contribution in [3.05, 3.63) is 57.5 Å². The van der Waals surface area contributed by atoms with Crippen molar-refractivity contribution in [1.29, 1.82) is 0 Å². The van der Waals surface area contributed by atoms with Crippen LogP contribution in [0, 0.1) is 17.0 Å². The average Bonchev–Trinajstić information content (AvgIpc) is 2.88. The molecule has 0 spiro atoms. The molecule has 0 saturated carbocycles. The van der Waals surface area contributed by atoms with Crippen LogP contribution in [-0.2, 0) is 17.5 Å². The Morgan fingerprint density at radius 3 is 2.76 bits per heavy atom. The van der Waals surface area contributed by atoms with Crippen LogP contribution in [-0.4, -0.2) is 26.6 Å². The first-order valence-electron chi connectivity index (χ1n) is 6.85. The molecule has 0 aliphatic carbocycles. The number of nitrogens with one attached hydrogen (secondary N) is 1. The van der Waals surface area contributed by atoms with E-state index in [-0.39, 0.29) is 17.2 Å². The number of carbonyl (C=O) groups excluding carboxylic acids is 1. The number of amides is 1. The predicted molar refractivity (Wildman–Crippen MR) is 80.8 cm³/mol. The van der Waals surface area contributed by atoms with Crippen LogP contribution in [0.5, 0.6) is 0 Å². The summed E-state index contributed by atoms with van der Waals surface area (Å²) < 4.78 is 39.5. The van der Waals surface area contributed by atoms with Gasteiger partial charge >= 0.3 is 12.0 Å². The molecule has 8 nitrogen and oxygen atoms in total. The summed E-state index contributed by atoms with van der Waals surface area (Å²) >= 11 is 0. The molecule has 2 rings (SSSR count). The lowest BCUT2D eigenvalue weighted by Crippen LogP contribution is -2.24. The number of rotatable bonds is 5. The van der Waals surface area contributed by atoms with Gasteiger partial charge in [0.25, 0.3) is 5.91 Å². The number of hydrogen-bond donors (Lipinski definition) is 1. The molecule has 0 bridgehead atoms. The van der Waals surface area contributed by atoms with Crippen molar-refractivity contribution >= 4 is 17.9 Å². The number of halogens is 3. The Kier molecular flexibility index (Phi) is 5.15. The molecule has 1 aromatic carbocycles. The summed E-state index contributed by atoms with van der Waals surface area (Å²) in [6, 6.07) is 4.72. The molecule has 0 aliphatic heterocycles. The second-order valence-electron chi connectivity index (χ2n) is 4.89. The first-order chi connectivity index (χ1) is 11.7. The van der Waals surface area contributed by atoms with Crippen LogP contribution < -0.4 is 5.43 Å². The quantitative estimate of drug-likeness (QED) is 0.505. The van der Waals surface area contributed by atoms with E-state index in [0.29, 0.717) is 0 Å². The van der Waals surface area contributed by atoms with Crippen LogP contribution in [0.25, 0.3) is 0 Å². The molecule has 2 aromatic rings. The minimum Gasteiger partial charge on any atom is -0.358 e. The molecule has 132 valence electrons. The summed E-state index contributed by atoms with van der Waals surface area (Å²) in [6.07, 6.45) is -2.69. The number of alkyl halides is 3. The fourth-order valence-electron chi connectivity index (χ4n) is 2.02. The second-order valence-corrected chi connectivity index (χ2v) is 4.89. The third-order valence-electron chi connectivity index (χ3n) is 3.18. The standard InChI is InChI=1S/C14H12F3N5O3/c1-9-18-7-13(22(24)25)21(9)8-12(23)20-19-6-10-4-2-3-5-11(10)14(15,16)17/h2-7H,8H2,1H3,(H,20,23)/b19-6+. The fourth-order valence-corrected chi connectivity index (χ4v) is 2.02. The number of aryl methyl sites for hydroxylation is 1. The molecule has 0 fully saturated rings. The first kappa shape index (κ1) is 18.1. The number of benzene rings is 1. The van der Waals surface area contributed by atoms with Crippen LogP contribution in [0.15, 0.2) is 35.6 Å². The van der Waals surface area contributed by atoms with E-state index >= 15 is 0 Å². The van der Waals surface area contributed by atoms with Crippen molar-refractivity contribution in [2.45, 2.75) is 19.6 Å². The van der Waals surface area contributed by atoms with Crippen molar-refractivity contribution in [2.24, 2.45) is 5.10 Å². The topological polar surface area (TPSA) is 102 Å². The number of imidazole rings is 1. The molecule has 1 N–H and O–H groups in total. The Bertz CT molecular complexity index is 829. The summed E-state index contributed by atoms with van der Waals surface area (Å²) in [6.45, 7) is 1.03. The molecule has 25 heavy (non-hydrogen) atoms. The summed E-state index contributed by atoms with van der Waals surface area (Å²) in [5.41, 5.74) is 0.917. The summed E-state index contributed by atoms with van der Waals surface area (Å²) in [5, 5.41) is 14.3. The molecule has 0 atom stereocenters. The van der Waals surface area contributed by atoms with Gasteiger partial charge in [0.2, 0.25) is 0 Å². The Morgan fingerprint density at radius 2 is 2.12 bits per heavy atom. The highest BCUT2D eigenvalue weighted by atomic mass is 19.4. The largest absolute Gasteiger partial charge is 0.417 e. The minimum atomic E-state index is -4.55. The smallest absolute Gasteiger partial charge is 0.358 e. The lowest BCUT2D eigenvalue weighted by molar-refractivity contribution is -0.392. The number of hydrogen-bond acceptors (Lipinski definition) is 5. The Morgan fingerprint density at radius 1 is 1.44 bits per heavy atom. The van der Waals surface area contributed by atoms with Gasteiger partial charge in [0.05, 0.1) is 11.8 Å². The molecular weight excluding hydrogens is 343 g/mol. The van der Waals surface area contributed by atoms with E-state index in [1.807, 2.05) is 5.43 Å². The van der Waals surface area contributed by atoms with E-state index in [0.717, 1.165) is 23.0 Å². The van der Waals surface area contributed by atoms with Gasteiger partial charge < -0.3 is 10.1 Å². The van der Waals surface area contributed by atoms with Gasteiger partial charge in [-0.15, -0.1) is 0 Å². The minimum absolute atomic E-state index is 0.222. The summed E-state index contributed by atoms with van der Waals surface area (Å²) in [5.74, 6) is -0.878. The number of aromatic nitrogens is 2. The van der Waals surface area contributed by atoms with Crippen LogP contribution in [0.2, 0.25) is 0 Å². The van der Waals surface area contributed by atoms with Gasteiger partial charge in [0.1, 0.15) is 6.20 Å². The average molecular weight is 355 g/mol. The van der Waals surface area contributed by atoms with Crippen LogP contribution >= 0.6 is 0 Å². The number of hydrazone groups is 1. The number of nitro groups is 1. The van der Waals surface area contributed by atoms with Crippen molar-refractivity contribution in [3.63, 3.8) is 0 Å². The maximum atomic E-state index is 12.8. The molecule has 1 aromatic heterocycles. The molecule has 1 amide bonds. The van der Waals surface area contributed by atoms with Crippen molar-refractivity contribution in [3.8, 4) is 0 Å². The van der Waals surface area contributed by atoms with Gasteiger partial charge in [-0.2, -0.15) is 18.3 Å². The van der Waals surface area contributed by atoms with Crippen LogP contribution in [0.4, 0.5) is 19.0 Å². The summed E-state index contributed by atoms with van der Waals surface area (Å²) in [4.78, 5) is 25.7. The maximum Gasteiger partial charge on any atom is 0.417 e. The summed E-state index contributed by atoms with van der Waals surface area (Å²) in [7, 11) is 0. The Labute approximate surface area is 139 Å². The first-order valence-corrected chi connectivity index (χ1v) is 6.85. The maximum absolute atomic E-state index is 12.8. The zero-order valence-electron chi connectivity index (χ0n) is 12.8. The van der Waals surface area contributed by atoms with Gasteiger partial charge in [0, 0.05) is 12.5 Å². The molecule has 0 unspecified atom stereocenters. The van der Waals surface area contributed by atoms with E-state index < -0.39 is 29.1 Å². The van der Waals surface area contributed by atoms with Gasteiger partial charge in [-0.3, -0.25) is 4.79 Å². The van der Waals surface area contributed by atoms with E-state index in [1.54, 1.807) is 0 Å². The molecule has 0 radical (unpaired) electrons. The predicted octanol–water partition coefficient (Wildman–Crippen LogP) is 2.27. The number of nitrogens with zero attached hydrogens (tertiary/aromatic N) is 4. The molecule has 0 aliphatic rings. The zero-order valence-corrected chi connectivity index (χ0v) is 12.8. The lowest BCUT2D eigenvalue weighted by Gasteiger charge is -2.09. The third-order valence-corrected chi connectivity index (χ3v) is 3.18. The Hall–Kier alpha value is -3.24. The highest BCUT2D eigenvalue weighted by Crippen LogP contribution is 2.31. The van der Waals surface area contributed by atoms with Gasteiger partial charge in [-0.25, -0.2) is 15.0 Å². The van der Waals surface area contributed by atoms with E-state index in [9.17, 15) is 28.1 Å². The van der Waals surface area contributed by atoms with Crippen molar-refractivity contribution < 1.29 is 22.9 Å². The lowest BCUT2D eigenvalue weighted by atomic mass is 10.1. The van der Waals surface area contributed by atoms with Gasteiger partial charge in [0.15, 0.2) is 12.4 Å². The van der Waals surface area contributed by atoms with Gasteiger partial charge in [-0.05, 0) is 11.0 Å². The zero-order chi connectivity index (χ0) is 18.6. The normalized spacial score (nSPS) is 11.7. The molecule has 0 saturated heterocycles. The van der Waals surface area contributed by atoms with Crippen LogP contribution in [0.1, 0.15) is 17.0 Å². The van der Waals surface area contributed by atoms with E-state index in [2.05, 4.69) is 10.1 Å². The molecule has 11 heteroatoms. The molecular formula is C14H12F3N5O3. The number of carbonyl (C=O) groups is 1. The SMILES string of the molecule is Cc1ncc([N+](=O)[O-])n1CC(=O)N/N=C/c1ccccc1C(F)(F)F. The van der Waals surface area contributed by atoms with Crippen molar-refractivity contribution in [1.82, 2.24) is 15.0 Å². The highest BCUT2D eigenvalue weighted by molar-refractivity contribution is 5.84. The Balaban J connectivity index is 2.08. The van der Waals surface area contributed by atoms with Crippen molar-refractivity contribution in [2.75, 3.05) is 0 Å². The van der Waals surface area contributed by atoms with E-state index in [1.165, 1.54) is 25.1 Å². The van der Waals surface area contributed by atoms with Crippen LogP contribution in [0.3, 0.4) is 0 Å². The monoisotopic (exact) mass is 355 g/mol. The fraction of sp³-hybridized carbons (Fsp3) is 0.214. The third kappa shape index (κ3) is 4.40. The second kappa shape index (κ2) is 7.11. The highest BCUT2D eigenvalue weighted by Gasteiger charge is 2.32. The molecule has 1 heterocycles. The van der Waals surface area contributed by atoms with Gasteiger partial charge in [-0.1, -0.05) is 18.2 Å².